The Balaban J connectivity index is 0. The van der Waals surface area contributed by atoms with Crippen LogP contribution in [0.15, 0.2) is 0 Å². The Morgan fingerprint density at radius 2 is 1.33 bits per heavy atom. The average molecular weight is 329 g/mol. The van der Waals surface area contributed by atoms with Crippen molar-refractivity contribution >= 4 is 10.1 Å². The molecule has 0 aromatic heterocycles. The molecule has 0 aromatic carbocycles. The molecule has 0 saturated heterocycles. The molecule has 8 heteroatoms. The van der Waals surface area contributed by atoms with Gasteiger partial charge in [-0.05, 0) is 0 Å². The number of hydrogen-bond donors (Lipinski definition) is 1. The van der Waals surface area contributed by atoms with Crippen LogP contribution in [-0.2, 0) is 36.0 Å². The molecule has 3 nitrogen and oxygen atoms in total. The van der Waals surface area contributed by atoms with Crippen LogP contribution in [0.1, 0.15) is 0 Å². The standard InChI is InChI=1S/CHF3O3S.Hf/c2-1(3,4)8(5,6)7;/h(H,5,6,7);/q;+4. The maximum Gasteiger partial charge on any atom is 4.00 e. The minimum Gasteiger partial charge on any atom is -0.279 e. The Morgan fingerprint density at radius 1 is 1.22 bits per heavy atom. The molecule has 0 aliphatic heterocycles. The van der Waals surface area contributed by atoms with Crippen LogP contribution in [0.5, 0.6) is 0 Å². The molecule has 0 aromatic rings. The predicted molar refractivity (Wildman–Crippen MR) is 17.6 cm³/mol. The number of halogens is 3. The summed E-state index contributed by atoms with van der Waals surface area (Å²) in [6, 6.07) is 0. The Labute approximate surface area is 67.8 Å². The van der Waals surface area contributed by atoms with Crippen molar-refractivity contribution in [2.75, 3.05) is 0 Å². The second kappa shape index (κ2) is 3.11. The molecule has 0 fully saturated rings. The Kier molecular flexibility index (Phi) is 4.24. The molecule has 0 aliphatic rings. The van der Waals surface area contributed by atoms with Gasteiger partial charge >= 0.3 is 41.5 Å². The predicted octanol–water partition coefficient (Wildman–Crippen LogP) is 0.392. The van der Waals surface area contributed by atoms with E-state index in [2.05, 4.69) is 0 Å². The molecule has 50 valence electrons. The van der Waals surface area contributed by atoms with E-state index in [0.717, 1.165) is 0 Å². The van der Waals surface area contributed by atoms with Crippen molar-refractivity contribution in [1.82, 2.24) is 0 Å². The second-order valence-corrected chi connectivity index (χ2v) is 2.33. The van der Waals surface area contributed by atoms with Gasteiger partial charge in [0.2, 0.25) is 0 Å². The van der Waals surface area contributed by atoms with Crippen molar-refractivity contribution in [1.29, 1.82) is 0 Å². The molecule has 0 atom stereocenters. The zero-order valence-corrected chi connectivity index (χ0v) is 8.22. The van der Waals surface area contributed by atoms with Crippen LogP contribution in [0.2, 0.25) is 0 Å². The molecule has 0 aliphatic carbocycles. The SMILES string of the molecule is O=S(=O)(O)C(F)(F)F.[Hf+4]. The molecule has 0 bridgehead atoms. The number of hydrogen-bond acceptors (Lipinski definition) is 2. The molecular formula is CHF3HfO3S+4. The molecule has 0 heterocycles. The van der Waals surface area contributed by atoms with E-state index in [1.165, 1.54) is 0 Å². The van der Waals surface area contributed by atoms with E-state index < -0.39 is 15.6 Å². The van der Waals surface area contributed by atoms with E-state index in [1.807, 2.05) is 0 Å². The van der Waals surface area contributed by atoms with Gasteiger partial charge in [0, 0.05) is 0 Å². The fourth-order valence-electron chi connectivity index (χ4n) is 0. The van der Waals surface area contributed by atoms with E-state index in [0.29, 0.717) is 0 Å². The van der Waals surface area contributed by atoms with Crippen molar-refractivity contribution in [3.05, 3.63) is 0 Å². The number of rotatable bonds is 0. The van der Waals surface area contributed by atoms with Crippen molar-refractivity contribution < 1.29 is 52.0 Å². The van der Waals surface area contributed by atoms with Gasteiger partial charge in [0.15, 0.2) is 0 Å². The summed E-state index contributed by atoms with van der Waals surface area (Å²) in [5, 5.41) is 0. The normalized spacial score (nSPS) is 12.4. The summed E-state index contributed by atoms with van der Waals surface area (Å²) in [6.45, 7) is 0. The van der Waals surface area contributed by atoms with E-state index in [9.17, 15) is 13.2 Å². The summed E-state index contributed by atoms with van der Waals surface area (Å²) in [6.07, 6.45) is 0. The second-order valence-electron chi connectivity index (χ2n) is 0.921. The summed E-state index contributed by atoms with van der Waals surface area (Å²) in [5.41, 5.74) is -5.53. The topological polar surface area (TPSA) is 54.4 Å². The van der Waals surface area contributed by atoms with Crippen LogP contribution in [0.4, 0.5) is 13.2 Å². The molecule has 1 N–H and O–H groups in total. The minimum atomic E-state index is -5.84. The molecule has 0 radical (unpaired) electrons. The first kappa shape index (κ1) is 12.3. The van der Waals surface area contributed by atoms with Gasteiger partial charge < -0.3 is 0 Å². The molecular weight excluding hydrogens is 328 g/mol. The molecule has 0 rings (SSSR count). The van der Waals surface area contributed by atoms with E-state index in [4.69, 9.17) is 13.0 Å². The maximum atomic E-state index is 10.7. The monoisotopic (exact) mass is 330 g/mol. The third kappa shape index (κ3) is 4.04. The zero-order chi connectivity index (χ0) is 7.00. The van der Waals surface area contributed by atoms with Gasteiger partial charge in [-0.25, -0.2) is 0 Å². The first-order chi connectivity index (χ1) is 3.25. The van der Waals surface area contributed by atoms with Crippen molar-refractivity contribution in [3.63, 3.8) is 0 Å². The van der Waals surface area contributed by atoms with Crippen LogP contribution < -0.4 is 0 Å². The fraction of sp³-hybridized carbons (Fsp3) is 1.00. The third-order valence-electron chi connectivity index (χ3n) is 0.292. The quantitative estimate of drug-likeness (QED) is 0.398. The van der Waals surface area contributed by atoms with Crippen LogP contribution in [0, 0.1) is 0 Å². The van der Waals surface area contributed by atoms with Gasteiger partial charge in [-0.15, -0.1) is 0 Å². The fourth-order valence-corrected chi connectivity index (χ4v) is 0. The zero-order valence-electron chi connectivity index (χ0n) is 3.81. The van der Waals surface area contributed by atoms with Gasteiger partial charge in [-0.3, -0.25) is 4.55 Å². The largest absolute Gasteiger partial charge is 4.00 e. The van der Waals surface area contributed by atoms with Gasteiger partial charge in [0.1, 0.15) is 0 Å². The first-order valence-corrected chi connectivity index (χ1v) is 2.73. The van der Waals surface area contributed by atoms with Crippen LogP contribution in [0.25, 0.3) is 0 Å². The molecule has 0 spiro atoms. The van der Waals surface area contributed by atoms with Gasteiger partial charge in [0.05, 0.1) is 0 Å². The minimum absolute atomic E-state index is 0. The third-order valence-corrected chi connectivity index (χ3v) is 0.877. The van der Waals surface area contributed by atoms with Gasteiger partial charge in [-0.1, -0.05) is 0 Å². The summed E-state index contributed by atoms with van der Waals surface area (Å²) in [4.78, 5) is 0. The van der Waals surface area contributed by atoms with Gasteiger partial charge in [0.25, 0.3) is 0 Å². The van der Waals surface area contributed by atoms with E-state index >= 15 is 0 Å². The Morgan fingerprint density at radius 3 is 1.33 bits per heavy atom. The maximum absolute atomic E-state index is 10.7. The molecule has 0 unspecified atom stereocenters. The van der Waals surface area contributed by atoms with Crippen LogP contribution in [-0.4, -0.2) is 18.5 Å². The summed E-state index contributed by atoms with van der Waals surface area (Å²) >= 11 is 0. The molecule has 0 amide bonds. The first-order valence-electron chi connectivity index (χ1n) is 1.29. The van der Waals surface area contributed by atoms with E-state index in [1.54, 1.807) is 0 Å². The van der Waals surface area contributed by atoms with Crippen molar-refractivity contribution in [3.8, 4) is 0 Å². The van der Waals surface area contributed by atoms with Crippen LogP contribution >= 0.6 is 0 Å². The molecule has 9 heavy (non-hydrogen) atoms. The summed E-state index contributed by atoms with van der Waals surface area (Å²) < 4.78 is 57.5. The molecule has 0 saturated carbocycles. The smallest absolute Gasteiger partial charge is 0.279 e. The summed E-state index contributed by atoms with van der Waals surface area (Å²) in [5.74, 6) is 0. The van der Waals surface area contributed by atoms with Crippen LogP contribution in [0.3, 0.4) is 0 Å². The average Bonchev–Trinajstić information content (AvgIpc) is 1.25. The summed E-state index contributed by atoms with van der Waals surface area (Å²) in [7, 11) is -5.84. The van der Waals surface area contributed by atoms with Crippen molar-refractivity contribution in [2.24, 2.45) is 0 Å². The Bertz CT molecular complexity index is 168. The number of alkyl halides is 3. The van der Waals surface area contributed by atoms with Gasteiger partial charge in [-0.2, -0.15) is 21.6 Å². The van der Waals surface area contributed by atoms with E-state index in [-0.39, 0.29) is 25.8 Å². The van der Waals surface area contributed by atoms with Crippen molar-refractivity contribution in [2.45, 2.75) is 5.51 Å². The Hall–Kier alpha value is 0.570.